The zero-order chi connectivity index (χ0) is 14.1. The van der Waals surface area contributed by atoms with Crippen LogP contribution < -0.4 is 4.48 Å². The minimum atomic E-state index is -3.41. The summed E-state index contributed by atoms with van der Waals surface area (Å²) in [6.07, 6.45) is 0. The van der Waals surface area contributed by atoms with Gasteiger partial charge in [-0.05, 0) is 24.3 Å². The van der Waals surface area contributed by atoms with Crippen molar-refractivity contribution in [1.82, 2.24) is 4.48 Å². The molecule has 0 amide bonds. The maximum absolute atomic E-state index is 12.4. The maximum atomic E-state index is 12.4. The number of sulfone groups is 1. The third-order valence-corrected chi connectivity index (χ3v) is 4.76. The minimum Gasteiger partial charge on any atom is -0.298 e. The molecule has 0 saturated heterocycles. The standard InChI is InChI=1S/C15H18NO2S/c1-16(2,3)13-9-11-15(12-10-13)19(17,18)14-7-5-4-6-8-14/h4-12H,1-3H3/q+1. The first-order valence-electron chi connectivity index (χ1n) is 6.04. The maximum Gasteiger partial charge on any atom is 0.206 e. The van der Waals surface area contributed by atoms with Crippen LogP contribution in [0.5, 0.6) is 0 Å². The molecule has 0 atom stereocenters. The van der Waals surface area contributed by atoms with E-state index in [1.54, 1.807) is 42.5 Å². The Hall–Kier alpha value is -1.65. The fourth-order valence-electron chi connectivity index (χ4n) is 1.81. The molecule has 19 heavy (non-hydrogen) atoms. The van der Waals surface area contributed by atoms with E-state index in [0.717, 1.165) is 5.69 Å². The van der Waals surface area contributed by atoms with Gasteiger partial charge in [0.2, 0.25) is 9.84 Å². The molecule has 0 spiro atoms. The van der Waals surface area contributed by atoms with Gasteiger partial charge in [-0.2, -0.15) is 0 Å². The lowest BCUT2D eigenvalue weighted by molar-refractivity contribution is 0.486. The first kappa shape index (κ1) is 13.8. The number of quaternary nitrogens is 1. The van der Waals surface area contributed by atoms with Crippen LogP contribution in [0.25, 0.3) is 0 Å². The smallest absolute Gasteiger partial charge is 0.206 e. The average molecular weight is 276 g/mol. The third-order valence-electron chi connectivity index (χ3n) is 2.98. The van der Waals surface area contributed by atoms with E-state index in [9.17, 15) is 8.42 Å². The highest BCUT2D eigenvalue weighted by Crippen LogP contribution is 2.24. The van der Waals surface area contributed by atoms with Gasteiger partial charge in [0.05, 0.1) is 30.9 Å². The largest absolute Gasteiger partial charge is 0.298 e. The fraction of sp³-hybridized carbons (Fsp3) is 0.200. The van der Waals surface area contributed by atoms with Gasteiger partial charge in [-0.25, -0.2) is 8.42 Å². The number of nitrogens with zero attached hydrogens (tertiary/aromatic N) is 1. The monoisotopic (exact) mass is 276 g/mol. The molecule has 0 saturated carbocycles. The fourth-order valence-corrected chi connectivity index (χ4v) is 3.09. The van der Waals surface area contributed by atoms with Gasteiger partial charge in [0.1, 0.15) is 5.69 Å². The lowest BCUT2D eigenvalue weighted by atomic mass is 10.3. The first-order chi connectivity index (χ1) is 8.82. The van der Waals surface area contributed by atoms with Crippen LogP contribution in [0.3, 0.4) is 0 Å². The molecule has 4 heteroatoms. The van der Waals surface area contributed by atoms with Gasteiger partial charge in [-0.15, -0.1) is 0 Å². The third kappa shape index (κ3) is 2.85. The number of hydrogen-bond donors (Lipinski definition) is 0. The molecule has 2 aromatic rings. The van der Waals surface area contributed by atoms with Crippen molar-refractivity contribution in [3.63, 3.8) is 0 Å². The number of benzene rings is 2. The zero-order valence-corrected chi connectivity index (χ0v) is 12.2. The molecule has 0 aromatic heterocycles. The van der Waals surface area contributed by atoms with Gasteiger partial charge in [0, 0.05) is 12.1 Å². The predicted octanol–water partition coefficient (Wildman–Crippen LogP) is 2.72. The summed E-state index contributed by atoms with van der Waals surface area (Å²) in [6.45, 7) is 0. The molecular formula is C15H18NO2S+. The van der Waals surface area contributed by atoms with Crippen molar-refractivity contribution in [2.24, 2.45) is 0 Å². The molecule has 0 aliphatic heterocycles. The van der Waals surface area contributed by atoms with Crippen molar-refractivity contribution < 1.29 is 8.42 Å². The molecule has 2 rings (SSSR count). The quantitative estimate of drug-likeness (QED) is 0.808. The zero-order valence-electron chi connectivity index (χ0n) is 11.4. The molecule has 0 bridgehead atoms. The van der Waals surface area contributed by atoms with Crippen LogP contribution in [0.2, 0.25) is 0 Å². The van der Waals surface area contributed by atoms with Gasteiger partial charge in [0.25, 0.3) is 0 Å². The van der Waals surface area contributed by atoms with E-state index in [1.807, 2.05) is 33.3 Å². The van der Waals surface area contributed by atoms with E-state index in [0.29, 0.717) is 14.3 Å². The summed E-state index contributed by atoms with van der Waals surface area (Å²) in [5.41, 5.74) is 1.06. The minimum absolute atomic E-state index is 0.327. The second-order valence-corrected chi connectivity index (χ2v) is 7.27. The second-order valence-electron chi connectivity index (χ2n) is 5.32. The predicted molar refractivity (Wildman–Crippen MR) is 77.9 cm³/mol. The van der Waals surface area contributed by atoms with E-state index >= 15 is 0 Å². The van der Waals surface area contributed by atoms with E-state index < -0.39 is 9.84 Å². The lowest BCUT2D eigenvalue weighted by Gasteiger charge is -2.23. The normalized spacial score (nSPS) is 12.4. The summed E-state index contributed by atoms with van der Waals surface area (Å²) in [7, 11) is 2.72. The molecule has 2 aromatic carbocycles. The molecular weight excluding hydrogens is 258 g/mol. The Bertz CT molecular complexity index is 654. The molecule has 0 radical (unpaired) electrons. The topological polar surface area (TPSA) is 34.1 Å². The van der Waals surface area contributed by atoms with Crippen molar-refractivity contribution >= 4 is 15.5 Å². The molecule has 0 fully saturated rings. The summed E-state index contributed by atoms with van der Waals surface area (Å²) >= 11 is 0. The van der Waals surface area contributed by atoms with Crippen molar-refractivity contribution in [3.05, 3.63) is 54.6 Å². The summed E-state index contributed by atoms with van der Waals surface area (Å²) in [5.74, 6) is 0. The number of rotatable bonds is 3. The molecule has 100 valence electrons. The molecule has 3 nitrogen and oxygen atoms in total. The molecule has 0 aliphatic rings. The highest BCUT2D eigenvalue weighted by atomic mass is 32.2. The van der Waals surface area contributed by atoms with Crippen LogP contribution in [0.1, 0.15) is 0 Å². The van der Waals surface area contributed by atoms with E-state index in [-0.39, 0.29) is 0 Å². The van der Waals surface area contributed by atoms with Crippen LogP contribution in [0, 0.1) is 0 Å². The average Bonchev–Trinajstić information content (AvgIpc) is 2.39. The van der Waals surface area contributed by atoms with Crippen LogP contribution in [-0.4, -0.2) is 29.6 Å². The summed E-state index contributed by atoms with van der Waals surface area (Å²) in [4.78, 5) is 0.656. The van der Waals surface area contributed by atoms with E-state index in [1.165, 1.54) is 0 Å². The molecule has 0 N–H and O–H groups in total. The Labute approximate surface area is 114 Å². The Morgan fingerprint density at radius 1 is 0.737 bits per heavy atom. The second kappa shape index (κ2) is 4.79. The summed E-state index contributed by atoms with van der Waals surface area (Å²) < 4.78 is 25.4. The SMILES string of the molecule is C[N+](C)(C)c1ccc(S(=O)(=O)c2ccccc2)cc1. The van der Waals surface area contributed by atoms with Gasteiger partial charge >= 0.3 is 0 Å². The Morgan fingerprint density at radius 3 is 1.68 bits per heavy atom. The highest BCUT2D eigenvalue weighted by molar-refractivity contribution is 7.91. The van der Waals surface area contributed by atoms with Crippen molar-refractivity contribution in [1.29, 1.82) is 0 Å². The number of hydrogen-bond acceptors (Lipinski definition) is 2. The van der Waals surface area contributed by atoms with Gasteiger partial charge in [0.15, 0.2) is 0 Å². The van der Waals surface area contributed by atoms with E-state index in [2.05, 4.69) is 0 Å². The van der Waals surface area contributed by atoms with Gasteiger partial charge in [-0.1, -0.05) is 18.2 Å². The van der Waals surface area contributed by atoms with Crippen LogP contribution in [0.4, 0.5) is 5.69 Å². The lowest BCUT2D eigenvalue weighted by Crippen LogP contribution is -2.34. The summed E-state index contributed by atoms with van der Waals surface area (Å²) in [6, 6.07) is 15.5. The first-order valence-corrected chi connectivity index (χ1v) is 7.52. The van der Waals surface area contributed by atoms with Crippen molar-refractivity contribution in [2.45, 2.75) is 9.79 Å². The van der Waals surface area contributed by atoms with E-state index in [4.69, 9.17) is 0 Å². The van der Waals surface area contributed by atoms with Gasteiger partial charge in [-0.3, -0.25) is 4.48 Å². The van der Waals surface area contributed by atoms with Gasteiger partial charge < -0.3 is 0 Å². The Kier molecular flexibility index (Phi) is 3.47. The van der Waals surface area contributed by atoms with Crippen LogP contribution >= 0.6 is 0 Å². The van der Waals surface area contributed by atoms with Crippen LogP contribution in [0.15, 0.2) is 64.4 Å². The van der Waals surface area contributed by atoms with Crippen molar-refractivity contribution in [2.75, 3.05) is 21.1 Å². The molecule has 0 unspecified atom stereocenters. The Balaban J connectivity index is 2.43. The Morgan fingerprint density at radius 2 is 1.21 bits per heavy atom. The molecule has 0 aliphatic carbocycles. The summed E-state index contributed by atoms with van der Waals surface area (Å²) in [5, 5.41) is 0. The molecule has 0 heterocycles. The van der Waals surface area contributed by atoms with Crippen molar-refractivity contribution in [3.8, 4) is 0 Å². The van der Waals surface area contributed by atoms with Crippen LogP contribution in [-0.2, 0) is 9.84 Å². The highest BCUT2D eigenvalue weighted by Gasteiger charge is 2.19.